The number of benzene rings is 2. The summed E-state index contributed by atoms with van der Waals surface area (Å²) in [5, 5.41) is 17.2. The second kappa shape index (κ2) is 7.12. The average Bonchev–Trinajstić information content (AvgIpc) is 2.98. The normalized spacial score (nSPS) is 10.9. The number of nitrogens with zero attached hydrogens (tertiary/aromatic N) is 3. The van der Waals surface area contributed by atoms with Crippen molar-refractivity contribution in [2.75, 3.05) is 0 Å². The van der Waals surface area contributed by atoms with E-state index in [4.69, 9.17) is 11.6 Å². The first-order valence-electron chi connectivity index (χ1n) is 7.48. The van der Waals surface area contributed by atoms with Crippen molar-refractivity contribution in [1.82, 2.24) is 10.2 Å². The molecule has 0 aliphatic rings. The number of nitrogens with one attached hydrogen (secondary N) is 1. The molecule has 2 aromatic carbocycles. The molecule has 0 aliphatic carbocycles. The maximum atomic E-state index is 9.44. The number of hydrogen-bond acceptors (Lipinski definition) is 3. The second-order valence-electron chi connectivity index (χ2n) is 5.48. The fourth-order valence-corrected chi connectivity index (χ4v) is 2.43. The third-order valence-corrected chi connectivity index (χ3v) is 3.89. The highest BCUT2D eigenvalue weighted by Gasteiger charge is 2.12. The number of halogens is 1. The highest BCUT2D eigenvalue weighted by Crippen LogP contribution is 2.22. The summed E-state index contributed by atoms with van der Waals surface area (Å²) in [6.07, 6.45) is 2.29. The zero-order chi connectivity index (χ0) is 16.9. The van der Waals surface area contributed by atoms with Crippen LogP contribution in [-0.2, 0) is 6.42 Å². The predicted molar refractivity (Wildman–Crippen MR) is 96.0 cm³/mol. The first-order valence-corrected chi connectivity index (χ1v) is 7.86. The number of rotatable bonds is 4. The number of aromatic amines is 1. The molecule has 4 nitrogen and oxygen atoms in total. The van der Waals surface area contributed by atoms with Crippen molar-refractivity contribution in [2.45, 2.75) is 13.3 Å². The van der Waals surface area contributed by atoms with E-state index in [0.717, 1.165) is 16.8 Å². The van der Waals surface area contributed by atoms with Crippen LogP contribution in [0.2, 0.25) is 5.02 Å². The number of H-pyrrole nitrogens is 1. The van der Waals surface area contributed by atoms with E-state index in [1.165, 1.54) is 5.56 Å². The number of aryl methyl sites for hydroxylation is 1. The molecule has 3 rings (SSSR count). The molecule has 0 fully saturated rings. The van der Waals surface area contributed by atoms with Gasteiger partial charge in [-0.2, -0.15) is 10.4 Å². The van der Waals surface area contributed by atoms with Gasteiger partial charge in [0, 0.05) is 17.7 Å². The van der Waals surface area contributed by atoms with Gasteiger partial charge in [0.2, 0.25) is 0 Å². The van der Waals surface area contributed by atoms with Crippen LogP contribution in [0.25, 0.3) is 0 Å². The maximum Gasteiger partial charge on any atom is 0.191 e. The number of hydrogen-bond donors (Lipinski definition) is 1. The molecule has 0 saturated heterocycles. The minimum Gasteiger partial charge on any atom is -0.279 e. The van der Waals surface area contributed by atoms with E-state index >= 15 is 0 Å². The van der Waals surface area contributed by atoms with Crippen LogP contribution < -0.4 is 0 Å². The Morgan fingerprint density at radius 3 is 2.54 bits per heavy atom. The highest BCUT2D eigenvalue weighted by molar-refractivity contribution is 6.30. The minimum absolute atomic E-state index is 0.405. The van der Waals surface area contributed by atoms with Crippen LogP contribution in [0.3, 0.4) is 0 Å². The largest absolute Gasteiger partial charge is 0.279 e. The minimum atomic E-state index is 0.405. The van der Waals surface area contributed by atoms with Crippen molar-refractivity contribution in [3.63, 3.8) is 0 Å². The molecule has 1 aromatic heterocycles. The maximum absolute atomic E-state index is 9.44. The van der Waals surface area contributed by atoms with Crippen LogP contribution in [-0.4, -0.2) is 16.4 Å². The Hall–Kier alpha value is -2.90. The molecule has 1 N–H and O–H groups in total. The van der Waals surface area contributed by atoms with E-state index in [0.29, 0.717) is 22.8 Å². The fourth-order valence-electron chi connectivity index (χ4n) is 2.30. The summed E-state index contributed by atoms with van der Waals surface area (Å²) in [6.45, 7) is 2.03. The molecular weight excluding hydrogens is 320 g/mol. The summed E-state index contributed by atoms with van der Waals surface area (Å²) in [4.78, 5) is 4.34. The van der Waals surface area contributed by atoms with E-state index in [2.05, 4.69) is 21.3 Å². The summed E-state index contributed by atoms with van der Waals surface area (Å²) in [6, 6.07) is 17.7. The summed E-state index contributed by atoms with van der Waals surface area (Å²) >= 11 is 5.89. The van der Waals surface area contributed by atoms with Gasteiger partial charge in [-0.25, -0.2) is 4.99 Å². The van der Waals surface area contributed by atoms with Gasteiger partial charge in [-0.05, 0) is 30.2 Å². The van der Waals surface area contributed by atoms with Crippen molar-refractivity contribution in [1.29, 1.82) is 5.26 Å². The summed E-state index contributed by atoms with van der Waals surface area (Å²) in [5.74, 6) is 0.405. The van der Waals surface area contributed by atoms with E-state index in [1.54, 1.807) is 6.21 Å². The number of nitriles is 1. The first kappa shape index (κ1) is 16.0. The molecule has 0 unspecified atom stereocenters. The monoisotopic (exact) mass is 334 g/mol. The van der Waals surface area contributed by atoms with Gasteiger partial charge in [-0.3, -0.25) is 5.10 Å². The van der Waals surface area contributed by atoms with Crippen molar-refractivity contribution < 1.29 is 0 Å². The van der Waals surface area contributed by atoms with Crippen LogP contribution in [0.5, 0.6) is 0 Å². The van der Waals surface area contributed by atoms with E-state index in [9.17, 15) is 5.26 Å². The van der Waals surface area contributed by atoms with Gasteiger partial charge in [-0.15, -0.1) is 0 Å². The zero-order valence-corrected chi connectivity index (χ0v) is 13.9. The number of aliphatic imine (C=N–C) groups is 1. The lowest BCUT2D eigenvalue weighted by Gasteiger charge is -1.99. The molecule has 0 bridgehead atoms. The lowest BCUT2D eigenvalue weighted by Crippen LogP contribution is -1.91. The van der Waals surface area contributed by atoms with Gasteiger partial charge >= 0.3 is 0 Å². The quantitative estimate of drug-likeness (QED) is 0.709. The molecule has 0 aliphatic heterocycles. The Morgan fingerprint density at radius 1 is 1.17 bits per heavy atom. The van der Waals surface area contributed by atoms with Crippen LogP contribution in [0.4, 0.5) is 5.82 Å². The van der Waals surface area contributed by atoms with Gasteiger partial charge in [0.05, 0.1) is 5.69 Å². The zero-order valence-electron chi connectivity index (χ0n) is 13.1. The standard InChI is InChI=1S/C19H15ClN4/c1-13-2-4-15(5-3-13)12-22-19-17(11-21)18(23-24-19)10-14-6-8-16(20)9-7-14/h2-9,12H,10H2,1H3,(H,23,24). The molecule has 1 heterocycles. The molecule has 0 atom stereocenters. The third kappa shape index (κ3) is 3.70. The van der Waals surface area contributed by atoms with Crippen molar-refractivity contribution >= 4 is 23.6 Å². The lowest BCUT2D eigenvalue weighted by molar-refractivity contribution is 0.993. The molecular formula is C19H15ClN4. The molecule has 0 amide bonds. The fraction of sp³-hybridized carbons (Fsp3) is 0.105. The SMILES string of the molecule is Cc1ccc(C=Nc2n[nH]c(Cc3ccc(Cl)cc3)c2C#N)cc1. The molecule has 5 heteroatoms. The van der Waals surface area contributed by atoms with Gasteiger partial charge in [0.1, 0.15) is 11.6 Å². The molecule has 3 aromatic rings. The van der Waals surface area contributed by atoms with E-state index < -0.39 is 0 Å². The van der Waals surface area contributed by atoms with Crippen LogP contribution in [0.15, 0.2) is 53.5 Å². The highest BCUT2D eigenvalue weighted by atomic mass is 35.5. The Balaban J connectivity index is 1.83. The van der Waals surface area contributed by atoms with Crippen LogP contribution in [0, 0.1) is 18.3 Å². The summed E-state index contributed by atoms with van der Waals surface area (Å²) < 4.78 is 0. The van der Waals surface area contributed by atoms with Gasteiger partial charge in [0.15, 0.2) is 5.82 Å². The molecule has 0 spiro atoms. The Kier molecular flexibility index (Phi) is 4.74. The number of aromatic nitrogens is 2. The summed E-state index contributed by atoms with van der Waals surface area (Å²) in [5.41, 5.74) is 4.42. The third-order valence-electron chi connectivity index (χ3n) is 3.64. The topological polar surface area (TPSA) is 64.8 Å². The first-order chi connectivity index (χ1) is 11.7. The summed E-state index contributed by atoms with van der Waals surface area (Å²) in [7, 11) is 0. The molecule has 0 saturated carbocycles. The smallest absolute Gasteiger partial charge is 0.191 e. The van der Waals surface area contributed by atoms with Crippen molar-refractivity contribution in [3.05, 3.63) is 81.5 Å². The molecule has 118 valence electrons. The van der Waals surface area contributed by atoms with Crippen molar-refractivity contribution in [3.8, 4) is 6.07 Å². The Morgan fingerprint density at radius 2 is 1.88 bits per heavy atom. The van der Waals surface area contributed by atoms with Gasteiger partial charge in [0.25, 0.3) is 0 Å². The van der Waals surface area contributed by atoms with E-state index in [1.807, 2.05) is 55.5 Å². The van der Waals surface area contributed by atoms with Crippen molar-refractivity contribution in [2.24, 2.45) is 4.99 Å². The Labute approximate surface area is 145 Å². The Bertz CT molecular complexity index is 900. The van der Waals surface area contributed by atoms with Crippen LogP contribution in [0.1, 0.15) is 27.9 Å². The lowest BCUT2D eigenvalue weighted by atomic mass is 10.1. The van der Waals surface area contributed by atoms with Gasteiger partial charge < -0.3 is 0 Å². The average molecular weight is 335 g/mol. The second-order valence-corrected chi connectivity index (χ2v) is 5.92. The molecule has 0 radical (unpaired) electrons. The van der Waals surface area contributed by atoms with Gasteiger partial charge in [-0.1, -0.05) is 53.6 Å². The molecule has 24 heavy (non-hydrogen) atoms. The predicted octanol–water partition coefficient (Wildman–Crippen LogP) is 4.58. The van der Waals surface area contributed by atoms with Crippen LogP contribution >= 0.6 is 11.6 Å². The van der Waals surface area contributed by atoms with E-state index in [-0.39, 0.29) is 0 Å².